The molecular formula is C13H19N3O8. The molecule has 24 heavy (non-hydrogen) atoms. The van der Waals surface area contributed by atoms with Gasteiger partial charge in [0.2, 0.25) is 0 Å². The van der Waals surface area contributed by atoms with Gasteiger partial charge in [-0.05, 0) is 6.92 Å². The van der Waals surface area contributed by atoms with E-state index in [9.17, 15) is 24.9 Å². The van der Waals surface area contributed by atoms with Crippen LogP contribution in [0.15, 0.2) is 4.79 Å². The number of ether oxygens (including phenoxy) is 2. The standard InChI is InChI=1S/C13H19N3O8/c1-4(18)6-10(15-13(23-2)16-11(6)22)14-12-9(21)8(20)7(19)5(3-17)24-12/h5,7-9,12,17,19-21H,3H2,1-2H3,(H2,14,15,16,22). The van der Waals surface area contributed by atoms with Crippen molar-refractivity contribution >= 4 is 11.6 Å². The second-order valence-corrected chi connectivity index (χ2v) is 5.25. The Morgan fingerprint density at radius 2 is 2.00 bits per heavy atom. The summed E-state index contributed by atoms with van der Waals surface area (Å²) in [5.74, 6) is -0.828. The van der Waals surface area contributed by atoms with E-state index < -0.39 is 48.6 Å². The minimum Gasteiger partial charge on any atom is -0.468 e. The van der Waals surface area contributed by atoms with Crippen molar-refractivity contribution in [3.05, 3.63) is 15.9 Å². The van der Waals surface area contributed by atoms with E-state index in [2.05, 4.69) is 15.3 Å². The van der Waals surface area contributed by atoms with Gasteiger partial charge in [0.1, 0.15) is 35.8 Å². The number of H-pyrrole nitrogens is 1. The van der Waals surface area contributed by atoms with Crippen LogP contribution >= 0.6 is 0 Å². The number of aliphatic hydroxyl groups is 4. The van der Waals surface area contributed by atoms with Gasteiger partial charge in [-0.25, -0.2) is 0 Å². The fraction of sp³-hybridized carbons (Fsp3) is 0.615. The number of nitrogens with zero attached hydrogens (tertiary/aromatic N) is 1. The molecule has 0 spiro atoms. The van der Waals surface area contributed by atoms with Crippen molar-refractivity contribution in [1.29, 1.82) is 0 Å². The molecule has 2 rings (SSSR count). The number of aromatic nitrogens is 2. The van der Waals surface area contributed by atoms with Crippen molar-refractivity contribution in [2.75, 3.05) is 19.0 Å². The molecular weight excluding hydrogens is 326 g/mol. The van der Waals surface area contributed by atoms with Crippen LogP contribution in [0.5, 0.6) is 6.01 Å². The number of ketones is 1. The van der Waals surface area contributed by atoms with Gasteiger partial charge in [0.15, 0.2) is 12.0 Å². The molecule has 0 aliphatic carbocycles. The molecule has 11 heteroatoms. The van der Waals surface area contributed by atoms with E-state index >= 15 is 0 Å². The third-order valence-electron chi connectivity index (χ3n) is 3.61. The van der Waals surface area contributed by atoms with Crippen LogP contribution < -0.4 is 15.6 Å². The van der Waals surface area contributed by atoms with Crippen molar-refractivity contribution in [2.24, 2.45) is 0 Å². The van der Waals surface area contributed by atoms with Crippen LogP contribution in [0.25, 0.3) is 0 Å². The number of Topliss-reactive ketones (excluding diaryl/α,β-unsaturated/α-hetero) is 1. The zero-order chi connectivity index (χ0) is 18.0. The van der Waals surface area contributed by atoms with Gasteiger partial charge in [-0.1, -0.05) is 0 Å². The smallest absolute Gasteiger partial charge is 0.298 e. The first-order valence-corrected chi connectivity index (χ1v) is 7.06. The fourth-order valence-electron chi connectivity index (χ4n) is 2.34. The molecule has 1 saturated heterocycles. The van der Waals surface area contributed by atoms with E-state index in [1.165, 1.54) is 7.11 Å². The molecule has 0 amide bonds. The van der Waals surface area contributed by atoms with E-state index in [0.29, 0.717) is 0 Å². The van der Waals surface area contributed by atoms with Crippen molar-refractivity contribution in [2.45, 2.75) is 37.6 Å². The van der Waals surface area contributed by atoms with Gasteiger partial charge in [0.25, 0.3) is 11.6 Å². The highest BCUT2D eigenvalue weighted by molar-refractivity contribution is 5.98. The normalized spacial score (nSPS) is 30.0. The summed E-state index contributed by atoms with van der Waals surface area (Å²) in [6.45, 7) is 0.534. The molecule has 5 unspecified atom stereocenters. The Labute approximate surface area is 135 Å². The monoisotopic (exact) mass is 345 g/mol. The van der Waals surface area contributed by atoms with Crippen molar-refractivity contribution in [1.82, 2.24) is 9.97 Å². The number of methoxy groups -OCH3 is 1. The summed E-state index contributed by atoms with van der Waals surface area (Å²) in [6.07, 6.45) is -7.23. The molecule has 1 aromatic rings. The molecule has 5 atom stereocenters. The first-order chi connectivity index (χ1) is 11.3. The molecule has 0 saturated carbocycles. The lowest BCUT2D eigenvalue weighted by molar-refractivity contribution is -0.221. The maximum Gasteiger partial charge on any atom is 0.298 e. The Hall–Kier alpha value is -2.05. The molecule has 1 fully saturated rings. The average Bonchev–Trinajstić information content (AvgIpc) is 2.54. The van der Waals surface area contributed by atoms with Gasteiger partial charge >= 0.3 is 0 Å². The highest BCUT2D eigenvalue weighted by Gasteiger charge is 2.44. The molecule has 2 heterocycles. The number of hydrogen-bond donors (Lipinski definition) is 6. The van der Waals surface area contributed by atoms with Crippen LogP contribution in [0.3, 0.4) is 0 Å². The average molecular weight is 345 g/mol. The fourth-order valence-corrected chi connectivity index (χ4v) is 2.34. The zero-order valence-corrected chi connectivity index (χ0v) is 13.0. The van der Waals surface area contributed by atoms with E-state index in [1.54, 1.807) is 0 Å². The summed E-state index contributed by atoms with van der Waals surface area (Å²) in [5.41, 5.74) is -1.09. The third-order valence-corrected chi connectivity index (χ3v) is 3.61. The number of hydrogen-bond acceptors (Lipinski definition) is 10. The zero-order valence-electron chi connectivity index (χ0n) is 13.0. The Kier molecular flexibility index (Phi) is 5.51. The summed E-state index contributed by atoms with van der Waals surface area (Å²) in [4.78, 5) is 29.8. The molecule has 0 radical (unpaired) electrons. The van der Waals surface area contributed by atoms with E-state index in [4.69, 9.17) is 14.6 Å². The molecule has 134 valence electrons. The van der Waals surface area contributed by atoms with E-state index in [1.807, 2.05) is 0 Å². The molecule has 1 aromatic heterocycles. The number of carbonyl (C=O) groups is 1. The molecule has 1 aliphatic rings. The maximum atomic E-state index is 12.0. The summed E-state index contributed by atoms with van der Waals surface area (Å²) in [7, 11) is 1.25. The molecule has 0 bridgehead atoms. The van der Waals surface area contributed by atoms with Gasteiger partial charge in [-0.3, -0.25) is 14.6 Å². The van der Waals surface area contributed by atoms with E-state index in [-0.39, 0.29) is 17.4 Å². The molecule has 6 N–H and O–H groups in total. The van der Waals surface area contributed by atoms with Crippen molar-refractivity contribution < 1.29 is 34.7 Å². The number of carbonyl (C=O) groups excluding carboxylic acids is 1. The highest BCUT2D eigenvalue weighted by atomic mass is 16.6. The predicted octanol–water partition coefficient (Wildman–Crippen LogP) is -2.81. The first-order valence-electron chi connectivity index (χ1n) is 7.06. The van der Waals surface area contributed by atoms with Crippen molar-refractivity contribution in [3.63, 3.8) is 0 Å². The Morgan fingerprint density at radius 3 is 2.54 bits per heavy atom. The predicted molar refractivity (Wildman–Crippen MR) is 78.8 cm³/mol. The molecule has 1 aliphatic heterocycles. The number of aromatic amines is 1. The lowest BCUT2D eigenvalue weighted by Crippen LogP contribution is -2.60. The summed E-state index contributed by atoms with van der Waals surface area (Å²) in [5, 5.41) is 41.2. The quantitative estimate of drug-likeness (QED) is 0.306. The lowest BCUT2D eigenvalue weighted by Gasteiger charge is -2.40. The minimum atomic E-state index is -1.61. The largest absolute Gasteiger partial charge is 0.468 e. The highest BCUT2D eigenvalue weighted by Crippen LogP contribution is 2.23. The third kappa shape index (κ3) is 3.39. The number of nitrogens with one attached hydrogen (secondary N) is 2. The second-order valence-electron chi connectivity index (χ2n) is 5.25. The number of anilines is 1. The Morgan fingerprint density at radius 1 is 1.33 bits per heavy atom. The Balaban J connectivity index is 2.37. The van der Waals surface area contributed by atoms with Gasteiger partial charge in [-0.15, -0.1) is 0 Å². The van der Waals surface area contributed by atoms with Gasteiger partial charge in [0.05, 0.1) is 13.7 Å². The van der Waals surface area contributed by atoms with Crippen LogP contribution in [0.4, 0.5) is 5.82 Å². The number of rotatable bonds is 5. The first kappa shape index (κ1) is 18.3. The van der Waals surface area contributed by atoms with E-state index in [0.717, 1.165) is 6.92 Å². The maximum absolute atomic E-state index is 12.0. The molecule has 11 nitrogen and oxygen atoms in total. The van der Waals surface area contributed by atoms with Crippen LogP contribution in [0, 0.1) is 0 Å². The van der Waals surface area contributed by atoms with Crippen LogP contribution in [0.2, 0.25) is 0 Å². The summed E-state index contributed by atoms with van der Waals surface area (Å²) < 4.78 is 10.1. The lowest BCUT2D eigenvalue weighted by atomic mass is 9.98. The van der Waals surface area contributed by atoms with Crippen LogP contribution in [-0.4, -0.2) is 80.5 Å². The number of aliphatic hydroxyl groups excluding tert-OH is 4. The SMILES string of the molecule is COc1nc(NC2OC(CO)C(O)C(O)C2O)c(C(C)=O)c(=O)[nH]1. The summed E-state index contributed by atoms with van der Waals surface area (Å²) >= 11 is 0. The molecule has 0 aromatic carbocycles. The topological polar surface area (TPSA) is 174 Å². The Bertz CT molecular complexity index is 661. The van der Waals surface area contributed by atoms with Gasteiger partial charge < -0.3 is 35.2 Å². The van der Waals surface area contributed by atoms with Crippen molar-refractivity contribution in [3.8, 4) is 6.01 Å². The van der Waals surface area contributed by atoms with Crippen LogP contribution in [0.1, 0.15) is 17.3 Å². The van der Waals surface area contributed by atoms with Gasteiger partial charge in [-0.2, -0.15) is 4.98 Å². The minimum absolute atomic E-state index is 0.183. The van der Waals surface area contributed by atoms with Gasteiger partial charge in [0, 0.05) is 0 Å². The van der Waals surface area contributed by atoms with Crippen LogP contribution in [-0.2, 0) is 4.74 Å². The summed E-state index contributed by atoms with van der Waals surface area (Å²) in [6, 6.07) is -0.183. The second kappa shape index (κ2) is 7.23.